The SMILES string of the molecule is CC1(C)c2cc3oc4ccccc4c3cc2-c2cccc(-c3nc(-c4ccccc4)nc(-c4ccccc4)n3)c21.CC1(C)c2ccccc2-c2cc3c(cc21)oc1ccc(-c2ccc(-c4nc(-c5ccccc5)nc(-c5cccc6c5-c5ccccc5C6(C)C)n4)cc2)cc13.CC1(C)c2ccccc2-c2cc3c(cc21)oc1ccc(-c2ccc(-c4nc(-c5ccccc5)nc(-c5cccc6oc7ccccc7c56)n4)cc2)cc13. The molecule has 0 spiro atoms. The maximum atomic E-state index is 6.47. The van der Waals surface area contributed by atoms with Gasteiger partial charge in [-0.05, 0) is 190 Å². The van der Waals surface area contributed by atoms with E-state index in [1.165, 1.54) is 89.0 Å². The van der Waals surface area contributed by atoms with Crippen molar-refractivity contribution in [2.24, 2.45) is 0 Å². The van der Waals surface area contributed by atoms with Crippen molar-refractivity contribution in [2.75, 3.05) is 0 Å². The third kappa shape index (κ3) is 14.1. The first kappa shape index (κ1) is 87.2. The summed E-state index contributed by atoms with van der Waals surface area (Å²) in [5, 5.41) is 8.82. The lowest BCUT2D eigenvalue weighted by Crippen LogP contribution is -2.17. The minimum atomic E-state index is -0.277. The summed E-state index contributed by atoms with van der Waals surface area (Å²) in [5.74, 6) is 5.82. The molecule has 0 saturated carbocycles. The van der Waals surface area contributed by atoms with Crippen LogP contribution in [0.1, 0.15) is 99.9 Å². The molecule has 0 amide bonds. The fraction of sp³-hybridized carbons (Fsp3) is 0.0889. The van der Waals surface area contributed by atoms with Gasteiger partial charge in [0.2, 0.25) is 0 Å². The van der Waals surface area contributed by atoms with E-state index in [0.29, 0.717) is 52.4 Å². The molecule has 0 bridgehead atoms. The van der Waals surface area contributed by atoms with Crippen LogP contribution >= 0.6 is 0 Å². The average Bonchev–Trinajstić information content (AvgIpc) is 1.60. The molecular weight excluding hydrogens is 1810 g/mol. The van der Waals surface area contributed by atoms with E-state index in [1.54, 1.807) is 0 Å². The number of furan rings is 4. The second-order valence-electron chi connectivity index (χ2n) is 41.3. The molecule has 0 fully saturated rings. The van der Waals surface area contributed by atoms with Crippen molar-refractivity contribution in [3.8, 4) is 169 Å². The first-order valence-electron chi connectivity index (χ1n) is 50.5. The van der Waals surface area contributed by atoms with E-state index in [4.69, 9.17) is 62.5 Å². The first-order valence-corrected chi connectivity index (χ1v) is 50.5. The lowest BCUT2D eigenvalue weighted by atomic mass is 9.80. The van der Waals surface area contributed by atoms with Gasteiger partial charge in [0.25, 0.3) is 0 Å². The van der Waals surface area contributed by atoms with Gasteiger partial charge < -0.3 is 17.7 Å². The Balaban J connectivity index is 0.000000108. The van der Waals surface area contributed by atoms with E-state index in [2.05, 4.69) is 322 Å². The molecule has 0 unspecified atom stereocenters. The molecule has 7 heterocycles. The predicted molar refractivity (Wildman–Crippen MR) is 599 cm³/mol. The fourth-order valence-electron chi connectivity index (χ4n) is 23.7. The van der Waals surface area contributed by atoms with Crippen LogP contribution in [0.15, 0.2) is 436 Å². The number of hydrogen-bond acceptors (Lipinski definition) is 13. The van der Waals surface area contributed by atoms with Crippen LogP contribution in [0.3, 0.4) is 0 Å². The highest BCUT2D eigenvalue weighted by Gasteiger charge is 2.43. The molecule has 702 valence electrons. The summed E-state index contributed by atoms with van der Waals surface area (Å²) in [7, 11) is 0. The maximum absolute atomic E-state index is 6.47. The molecule has 0 radical (unpaired) electrons. The Hall–Kier alpha value is -18.6. The molecule has 4 aliphatic rings. The van der Waals surface area contributed by atoms with Crippen molar-refractivity contribution < 1.29 is 17.7 Å². The molecule has 148 heavy (non-hydrogen) atoms. The molecule has 0 saturated heterocycles. The van der Waals surface area contributed by atoms with Gasteiger partial charge in [0.1, 0.15) is 44.7 Å². The molecule has 13 heteroatoms. The van der Waals surface area contributed by atoms with E-state index in [9.17, 15) is 0 Å². The predicted octanol–water partition coefficient (Wildman–Crippen LogP) is 34.8. The normalized spacial score (nSPS) is 13.8. The summed E-state index contributed by atoms with van der Waals surface area (Å²) in [4.78, 5) is 45.5. The van der Waals surface area contributed by atoms with E-state index in [1.807, 2.05) is 152 Å². The Bertz CT molecular complexity index is 9910. The molecule has 0 N–H and O–H groups in total. The third-order valence-corrected chi connectivity index (χ3v) is 31.2. The first-order chi connectivity index (χ1) is 72.3. The zero-order valence-corrected chi connectivity index (χ0v) is 82.5. The quantitative estimate of drug-likeness (QED) is 0.120. The van der Waals surface area contributed by atoms with E-state index >= 15 is 0 Å². The van der Waals surface area contributed by atoms with Crippen LogP contribution in [0.4, 0.5) is 0 Å². The summed E-state index contributed by atoms with van der Waals surface area (Å²) < 4.78 is 25.4. The number of nitrogens with zero attached hydrogens (tertiary/aromatic N) is 9. The minimum absolute atomic E-state index is 0.0728. The molecule has 0 atom stereocenters. The van der Waals surface area contributed by atoms with E-state index in [-0.39, 0.29) is 21.7 Å². The summed E-state index contributed by atoms with van der Waals surface area (Å²) in [6.07, 6.45) is 0. The molecule has 19 aromatic carbocycles. The van der Waals surface area contributed by atoms with Crippen LogP contribution in [-0.2, 0) is 21.7 Å². The Morgan fingerprint density at radius 3 is 0.899 bits per heavy atom. The van der Waals surface area contributed by atoms with Gasteiger partial charge in [-0.3, -0.25) is 0 Å². The Morgan fingerprint density at radius 2 is 0.426 bits per heavy atom. The summed E-state index contributed by atoms with van der Waals surface area (Å²) >= 11 is 0. The van der Waals surface area contributed by atoms with Crippen molar-refractivity contribution >= 4 is 87.8 Å². The number of hydrogen-bond donors (Lipinski definition) is 0. The molecule has 4 aliphatic carbocycles. The maximum Gasteiger partial charge on any atom is 0.164 e. The standard InChI is InChI=1S/C51H37N3O.C48H31N3O2.C36H25N3O/c1-50(2)41-19-11-9-16-35(41)46-36(17-12-20-42(46)50)49-53-47(31-13-6-5-7-14-31)52-48(54-49)32-23-21-30(22-24-32)33-25-26-44-38(27-33)39-28-37-34-15-8-10-18-40(34)51(3,4)43(37)29-45(39)55-44;1-48(2)38-16-8-6-13-32(38)35-26-37-36-25-31(23-24-41(36)53-43(37)27-39(35)48)28-19-21-30(22-20-28)46-49-45(29-11-4-3-5-12-29)50-47(51-46)34-15-10-18-42-44(34)33-14-7-9-17-40(33)52-42;1-36(2)29-21-31-28(24-16-9-10-19-30(24)40-31)20-27(29)25-17-11-18-26(32(25)36)35-38-33(22-12-5-3-6-13-22)37-34(39-35)23-14-7-4-8-15-23/h5-29H,1-4H3;3-27H,1-2H3;3-21H,1-2H3. The van der Waals surface area contributed by atoms with Crippen LogP contribution in [-0.4, -0.2) is 44.9 Å². The molecule has 30 rings (SSSR count). The fourth-order valence-corrected chi connectivity index (χ4v) is 23.7. The van der Waals surface area contributed by atoms with Gasteiger partial charge in [-0.1, -0.05) is 395 Å². The van der Waals surface area contributed by atoms with Gasteiger partial charge in [-0.25, -0.2) is 44.9 Å². The number of benzene rings is 19. The van der Waals surface area contributed by atoms with Crippen LogP contribution in [0, 0.1) is 0 Å². The zero-order chi connectivity index (χ0) is 99.2. The van der Waals surface area contributed by atoms with Gasteiger partial charge in [0.05, 0.1) is 0 Å². The van der Waals surface area contributed by atoms with Crippen LogP contribution in [0.5, 0.6) is 0 Å². The summed E-state index contributed by atoms with van der Waals surface area (Å²) in [5.41, 5.74) is 40.2. The number of aromatic nitrogens is 9. The van der Waals surface area contributed by atoms with Crippen molar-refractivity contribution in [3.05, 3.63) is 463 Å². The van der Waals surface area contributed by atoms with Crippen LogP contribution < -0.4 is 0 Å². The van der Waals surface area contributed by atoms with Gasteiger partial charge in [-0.2, -0.15) is 0 Å². The minimum Gasteiger partial charge on any atom is -0.456 e. The third-order valence-electron chi connectivity index (χ3n) is 31.2. The monoisotopic (exact) mass is 1900 g/mol. The second kappa shape index (κ2) is 33.5. The number of para-hydroxylation sites is 2. The van der Waals surface area contributed by atoms with E-state index in [0.717, 1.165) is 160 Å². The molecule has 13 nitrogen and oxygen atoms in total. The largest absolute Gasteiger partial charge is 0.456 e. The average molecular weight is 1910 g/mol. The lowest BCUT2D eigenvalue weighted by Gasteiger charge is -2.24. The molecule has 0 aliphatic heterocycles. The highest BCUT2D eigenvalue weighted by molar-refractivity contribution is 6.14. The Morgan fingerprint density at radius 1 is 0.149 bits per heavy atom. The van der Waals surface area contributed by atoms with Gasteiger partial charge in [-0.15, -0.1) is 0 Å². The van der Waals surface area contributed by atoms with Gasteiger partial charge in [0.15, 0.2) is 52.4 Å². The molecule has 26 aromatic rings. The topological polar surface area (TPSA) is 169 Å². The van der Waals surface area contributed by atoms with Crippen LogP contribution in [0.2, 0.25) is 0 Å². The summed E-state index contributed by atoms with van der Waals surface area (Å²) in [6, 6.07) is 146. The summed E-state index contributed by atoms with van der Waals surface area (Å²) in [6.45, 7) is 18.4. The van der Waals surface area contributed by atoms with Gasteiger partial charge >= 0.3 is 0 Å². The van der Waals surface area contributed by atoms with Crippen molar-refractivity contribution in [3.63, 3.8) is 0 Å². The van der Waals surface area contributed by atoms with Crippen molar-refractivity contribution in [1.82, 2.24) is 44.9 Å². The number of fused-ring (bicyclic) bond motifs is 24. The second-order valence-corrected chi connectivity index (χ2v) is 41.3. The Kier molecular flexibility index (Phi) is 19.7. The molecular formula is C135H93N9O4. The van der Waals surface area contributed by atoms with Crippen molar-refractivity contribution in [2.45, 2.75) is 77.0 Å². The van der Waals surface area contributed by atoms with E-state index < -0.39 is 0 Å². The lowest BCUT2D eigenvalue weighted by molar-refractivity contribution is 0.647. The van der Waals surface area contributed by atoms with Crippen molar-refractivity contribution in [1.29, 1.82) is 0 Å². The highest BCUT2D eigenvalue weighted by atomic mass is 16.3. The number of rotatable bonds is 11. The van der Waals surface area contributed by atoms with Gasteiger partial charge in [0, 0.05) is 115 Å². The Labute approximate surface area is 853 Å². The zero-order valence-electron chi connectivity index (χ0n) is 82.5. The molecule has 7 aromatic heterocycles. The smallest absolute Gasteiger partial charge is 0.164 e. The highest BCUT2D eigenvalue weighted by Crippen LogP contribution is 2.58. The van der Waals surface area contributed by atoms with Crippen LogP contribution in [0.25, 0.3) is 257 Å².